The number of carbonyl (C=O) groups excluding carboxylic acids is 3. The van der Waals surface area contributed by atoms with E-state index in [9.17, 15) is 19.2 Å². The average molecular weight is 786 g/mol. The maximum atomic E-state index is 15.6. The summed E-state index contributed by atoms with van der Waals surface area (Å²) in [4.78, 5) is 66.4. The normalized spacial score (nSPS) is 20.4. The topological polar surface area (TPSA) is 141 Å². The first-order valence-electron chi connectivity index (χ1n) is 20.6. The molecule has 14 heteroatoms. The monoisotopic (exact) mass is 785 g/mol. The predicted octanol–water partition coefficient (Wildman–Crippen LogP) is 3.68. The van der Waals surface area contributed by atoms with Crippen LogP contribution in [0.2, 0.25) is 0 Å². The van der Waals surface area contributed by atoms with Gasteiger partial charge in [-0.15, -0.1) is 0 Å². The molecule has 1 spiro atoms. The van der Waals surface area contributed by atoms with Crippen molar-refractivity contribution < 1.29 is 18.8 Å². The van der Waals surface area contributed by atoms with Crippen LogP contribution in [0.5, 0.6) is 0 Å². The van der Waals surface area contributed by atoms with E-state index in [0.29, 0.717) is 24.2 Å². The van der Waals surface area contributed by atoms with E-state index in [1.165, 1.54) is 0 Å². The zero-order valence-corrected chi connectivity index (χ0v) is 33.0. The largest absolute Gasteiger partial charge is 0.369 e. The first-order valence-corrected chi connectivity index (χ1v) is 20.6. The molecule has 0 bridgehead atoms. The number of amides is 3. The van der Waals surface area contributed by atoms with Gasteiger partial charge in [0.15, 0.2) is 0 Å². The second-order valence-electron chi connectivity index (χ2n) is 17.0. The predicted molar refractivity (Wildman–Crippen MR) is 219 cm³/mol. The molecule has 1 atom stereocenters. The molecule has 0 radical (unpaired) electrons. The number of halogens is 1. The van der Waals surface area contributed by atoms with Crippen LogP contribution in [0.15, 0.2) is 53.5 Å². The van der Waals surface area contributed by atoms with E-state index >= 15 is 4.39 Å². The summed E-state index contributed by atoms with van der Waals surface area (Å²) in [5, 5.41) is 5.53. The molecule has 5 aliphatic rings. The van der Waals surface area contributed by atoms with Crippen LogP contribution in [-0.4, -0.2) is 106 Å². The Hall–Kier alpha value is -5.60. The number of imidazole rings is 1. The van der Waals surface area contributed by atoms with Gasteiger partial charge in [-0.05, 0) is 99.1 Å². The number of aryl methyl sites for hydroxylation is 3. The number of nitrogens with one attached hydrogen (secondary N) is 3. The third kappa shape index (κ3) is 5.98. The highest BCUT2D eigenvalue weighted by Crippen LogP contribution is 2.45. The number of pyridine rings is 1. The van der Waals surface area contributed by atoms with Gasteiger partial charge < -0.3 is 20.1 Å². The zero-order chi connectivity index (χ0) is 39.9. The van der Waals surface area contributed by atoms with Crippen LogP contribution in [0.3, 0.4) is 0 Å². The van der Waals surface area contributed by atoms with Crippen LogP contribution in [0.4, 0.5) is 10.1 Å². The molecule has 3 aromatic heterocycles. The highest BCUT2D eigenvalue weighted by molar-refractivity contribution is 6.02. The quantitative estimate of drug-likeness (QED) is 0.160. The Bertz CT molecular complexity index is 2570. The molecule has 13 nitrogen and oxygen atoms in total. The lowest BCUT2D eigenvalue weighted by Gasteiger charge is -2.50. The Kier molecular flexibility index (Phi) is 8.90. The molecule has 2 aromatic carbocycles. The fourth-order valence-corrected chi connectivity index (χ4v) is 10.4. The Morgan fingerprint density at radius 3 is 2.55 bits per heavy atom. The molecule has 1 unspecified atom stereocenters. The summed E-state index contributed by atoms with van der Waals surface area (Å²) in [5.41, 5.74) is 10.3. The molecular formula is C44H48FN9O4. The Labute approximate surface area is 335 Å². The number of benzene rings is 2. The number of carbonyl (C=O) groups is 3. The van der Waals surface area contributed by atoms with Gasteiger partial charge in [0.1, 0.15) is 11.9 Å². The molecule has 3 saturated heterocycles. The number of para-hydroxylation sites is 1. The lowest BCUT2D eigenvalue weighted by atomic mass is 9.73. The number of fused-ring (bicyclic) bond motifs is 7. The number of hydrogen-bond acceptors (Lipinski definition) is 8. The van der Waals surface area contributed by atoms with Gasteiger partial charge >= 0.3 is 5.69 Å². The van der Waals surface area contributed by atoms with Gasteiger partial charge in [-0.2, -0.15) is 0 Å². The third-order valence-electron chi connectivity index (χ3n) is 13.3. The van der Waals surface area contributed by atoms with Gasteiger partial charge in [-0.1, -0.05) is 12.1 Å². The molecule has 3 N–H and O–H groups in total. The van der Waals surface area contributed by atoms with E-state index in [1.807, 2.05) is 36.5 Å². The third-order valence-corrected chi connectivity index (χ3v) is 13.3. The molecule has 300 valence electrons. The molecule has 4 aliphatic heterocycles. The molecule has 58 heavy (non-hydrogen) atoms. The number of H-pyrrole nitrogens is 1. The highest BCUT2D eigenvalue weighted by atomic mass is 19.1. The van der Waals surface area contributed by atoms with Crippen molar-refractivity contribution in [3.05, 3.63) is 92.9 Å². The van der Waals surface area contributed by atoms with E-state index in [4.69, 9.17) is 4.98 Å². The van der Waals surface area contributed by atoms with Gasteiger partial charge in [-0.3, -0.25) is 38.7 Å². The number of nitrogens with zero attached hydrogens (tertiary/aromatic N) is 6. The van der Waals surface area contributed by atoms with E-state index in [2.05, 4.69) is 43.4 Å². The molecule has 7 heterocycles. The van der Waals surface area contributed by atoms with Crippen molar-refractivity contribution in [1.82, 2.24) is 39.5 Å². The first-order chi connectivity index (χ1) is 28.1. The van der Waals surface area contributed by atoms with Crippen molar-refractivity contribution in [1.29, 1.82) is 0 Å². The van der Waals surface area contributed by atoms with Gasteiger partial charge in [0.2, 0.25) is 11.8 Å². The maximum absolute atomic E-state index is 15.6. The van der Waals surface area contributed by atoms with Crippen molar-refractivity contribution >= 4 is 34.4 Å². The number of rotatable bonds is 8. The molecule has 10 rings (SSSR count). The number of piperazine rings is 1. The number of imide groups is 1. The number of unbranched alkanes of at least 4 members (excludes halogenated alkanes) is 1. The number of anilines is 1. The Balaban J connectivity index is 0.793. The first kappa shape index (κ1) is 36.7. The van der Waals surface area contributed by atoms with Gasteiger partial charge in [-0.25, -0.2) is 9.18 Å². The summed E-state index contributed by atoms with van der Waals surface area (Å²) in [6.45, 7) is 6.83. The highest BCUT2D eigenvalue weighted by Gasteiger charge is 2.50. The number of aromatic nitrogens is 4. The minimum absolute atomic E-state index is 0.00678. The number of likely N-dealkylation sites (N-methyl/N-ethyl adjacent to an activating group) is 1. The minimum atomic E-state index is -0.696. The van der Waals surface area contributed by atoms with Gasteiger partial charge in [0, 0.05) is 88.0 Å². The van der Waals surface area contributed by atoms with Crippen molar-refractivity contribution in [2.45, 2.75) is 56.4 Å². The maximum Gasteiger partial charge on any atom is 0.329 e. The molecular weight excluding hydrogens is 738 g/mol. The average Bonchev–Trinajstić information content (AvgIpc) is 3.74. The van der Waals surface area contributed by atoms with Crippen LogP contribution in [-0.2, 0) is 41.3 Å². The fraction of sp³-hybridized carbons (Fsp3) is 0.432. The van der Waals surface area contributed by atoms with Crippen LogP contribution in [0, 0.1) is 5.82 Å². The van der Waals surface area contributed by atoms with Crippen molar-refractivity contribution in [2.75, 3.05) is 64.3 Å². The van der Waals surface area contributed by atoms with E-state index in [-0.39, 0.29) is 35.2 Å². The van der Waals surface area contributed by atoms with Crippen molar-refractivity contribution in [3.63, 3.8) is 0 Å². The Morgan fingerprint density at radius 1 is 0.931 bits per heavy atom. The standard InChI is InChI=1S/C44H48FN9O4/c1-50-24-44(25-50)23-47-42(57)37-29-11-9-27-22-46-33(21-30(27)38(29)49-40(37)44)31-20-28(10-12-32(31)45)53-18-16-52(17-19-53)15-4-3-6-26-7-5-8-34-39(26)51(2)43(58)54(34)35-13-14-36(55)48-41(35)56/h5,7-8,10,12,20-22,35,49H,3-4,6,9,11,13-19,23-25H2,1-2H3,(H,47,57)(H,48,55,56). The zero-order valence-electron chi connectivity index (χ0n) is 33.0. The van der Waals surface area contributed by atoms with Crippen LogP contribution in [0.25, 0.3) is 33.5 Å². The number of aromatic amines is 1. The van der Waals surface area contributed by atoms with Crippen LogP contribution < -0.4 is 21.2 Å². The molecule has 1 aliphatic carbocycles. The minimum Gasteiger partial charge on any atom is -0.369 e. The smallest absolute Gasteiger partial charge is 0.329 e. The number of likely N-dealkylation sites (tertiary alicyclic amines) is 1. The van der Waals surface area contributed by atoms with Gasteiger partial charge in [0.25, 0.3) is 5.91 Å². The fourth-order valence-electron chi connectivity index (χ4n) is 10.4. The SMILES string of the molecule is CN1CC2(CNC(=O)c3c2[nH]c2c3CCc3cnc(-c4cc(N5CCN(CCCCc6cccc7c6n(C)c(=O)n7C6CCC(=O)NC6=O)CC5)ccc4F)cc3-2)C1. The Morgan fingerprint density at radius 2 is 1.76 bits per heavy atom. The molecule has 0 saturated carbocycles. The van der Waals surface area contributed by atoms with Crippen LogP contribution >= 0.6 is 0 Å². The summed E-state index contributed by atoms with van der Waals surface area (Å²) < 4.78 is 18.8. The lowest BCUT2D eigenvalue weighted by Crippen LogP contribution is -2.65. The number of hydrogen-bond donors (Lipinski definition) is 3. The van der Waals surface area contributed by atoms with Crippen molar-refractivity contribution in [3.8, 4) is 22.5 Å². The molecule has 5 aromatic rings. The van der Waals surface area contributed by atoms with E-state index < -0.39 is 11.9 Å². The second kappa shape index (κ2) is 14.0. The summed E-state index contributed by atoms with van der Waals surface area (Å²) in [6, 6.07) is 12.5. The van der Waals surface area contributed by atoms with Crippen molar-refractivity contribution in [2.24, 2.45) is 7.05 Å². The van der Waals surface area contributed by atoms with Gasteiger partial charge in [0.05, 0.1) is 33.4 Å². The van der Waals surface area contributed by atoms with Crippen LogP contribution in [0.1, 0.15) is 64.5 Å². The molecule has 3 fully saturated rings. The number of piperidine rings is 1. The summed E-state index contributed by atoms with van der Waals surface area (Å²) >= 11 is 0. The summed E-state index contributed by atoms with van der Waals surface area (Å²) in [6.07, 6.45) is 6.71. The van der Waals surface area contributed by atoms with E-state index in [1.54, 1.807) is 22.2 Å². The molecule has 3 amide bonds. The second-order valence-corrected chi connectivity index (χ2v) is 17.0. The van der Waals surface area contributed by atoms with E-state index in [0.717, 1.165) is 134 Å². The summed E-state index contributed by atoms with van der Waals surface area (Å²) in [5.74, 6) is -1.04. The summed E-state index contributed by atoms with van der Waals surface area (Å²) in [7, 11) is 3.85. The lowest BCUT2D eigenvalue weighted by molar-refractivity contribution is -0.135.